The van der Waals surface area contributed by atoms with Gasteiger partial charge in [0.25, 0.3) is 0 Å². The highest BCUT2D eigenvalue weighted by Gasteiger charge is 2.31. The molecular formula is C10H19N3O4. The summed E-state index contributed by atoms with van der Waals surface area (Å²) in [5.74, 6) is -1.70. The van der Waals surface area contributed by atoms with Gasteiger partial charge in [0.05, 0.1) is 0 Å². The SMILES string of the molecule is CC(C)(CC(N)=O)NC(=O)NC(C)(C)C(=O)O. The van der Waals surface area contributed by atoms with E-state index in [0.29, 0.717) is 0 Å². The van der Waals surface area contributed by atoms with Gasteiger partial charge in [0.1, 0.15) is 5.54 Å². The third-order valence-corrected chi connectivity index (χ3v) is 2.03. The average molecular weight is 245 g/mol. The fourth-order valence-corrected chi connectivity index (χ4v) is 1.16. The van der Waals surface area contributed by atoms with Crippen molar-refractivity contribution >= 4 is 17.9 Å². The Labute approximate surface area is 99.7 Å². The van der Waals surface area contributed by atoms with Crippen LogP contribution < -0.4 is 16.4 Å². The van der Waals surface area contributed by atoms with Gasteiger partial charge in [-0.2, -0.15) is 0 Å². The number of nitrogens with one attached hydrogen (secondary N) is 2. The topological polar surface area (TPSA) is 122 Å². The third kappa shape index (κ3) is 5.74. The van der Waals surface area contributed by atoms with Crippen LogP contribution in [0.5, 0.6) is 0 Å². The van der Waals surface area contributed by atoms with Crippen LogP contribution in [0.3, 0.4) is 0 Å². The molecule has 0 saturated heterocycles. The Hall–Kier alpha value is -1.79. The molecule has 17 heavy (non-hydrogen) atoms. The second kappa shape index (κ2) is 5.03. The Morgan fingerprint density at radius 2 is 1.59 bits per heavy atom. The highest BCUT2D eigenvalue weighted by atomic mass is 16.4. The monoisotopic (exact) mass is 245 g/mol. The van der Waals surface area contributed by atoms with E-state index < -0.39 is 29.0 Å². The van der Waals surface area contributed by atoms with Gasteiger partial charge in [-0.25, -0.2) is 9.59 Å². The molecule has 0 rings (SSSR count). The molecule has 0 aromatic heterocycles. The van der Waals surface area contributed by atoms with Crippen LogP contribution in [0.1, 0.15) is 34.1 Å². The lowest BCUT2D eigenvalue weighted by Gasteiger charge is -2.28. The summed E-state index contributed by atoms with van der Waals surface area (Å²) >= 11 is 0. The minimum atomic E-state index is -1.38. The van der Waals surface area contributed by atoms with Gasteiger partial charge >= 0.3 is 12.0 Å². The lowest BCUT2D eigenvalue weighted by molar-refractivity contribution is -0.143. The summed E-state index contributed by atoms with van der Waals surface area (Å²) < 4.78 is 0. The number of amides is 3. The van der Waals surface area contributed by atoms with Crippen molar-refractivity contribution in [1.29, 1.82) is 0 Å². The van der Waals surface area contributed by atoms with Crippen LogP contribution in [0, 0.1) is 0 Å². The van der Waals surface area contributed by atoms with E-state index in [1.54, 1.807) is 13.8 Å². The van der Waals surface area contributed by atoms with Crippen molar-refractivity contribution in [3.8, 4) is 0 Å². The highest BCUT2D eigenvalue weighted by Crippen LogP contribution is 2.08. The highest BCUT2D eigenvalue weighted by molar-refractivity contribution is 5.86. The van der Waals surface area contributed by atoms with E-state index in [0.717, 1.165) is 0 Å². The van der Waals surface area contributed by atoms with Gasteiger partial charge in [-0.3, -0.25) is 4.79 Å². The number of rotatable bonds is 5. The second-order valence-electron chi connectivity index (χ2n) is 5.04. The van der Waals surface area contributed by atoms with Crippen molar-refractivity contribution in [2.45, 2.75) is 45.2 Å². The normalized spacial score (nSPS) is 11.8. The van der Waals surface area contributed by atoms with Crippen LogP contribution in [0.2, 0.25) is 0 Å². The number of nitrogens with two attached hydrogens (primary N) is 1. The number of carbonyl (C=O) groups excluding carboxylic acids is 2. The molecule has 7 heteroatoms. The molecule has 0 bridgehead atoms. The van der Waals surface area contributed by atoms with Crippen molar-refractivity contribution in [1.82, 2.24) is 10.6 Å². The zero-order valence-electron chi connectivity index (χ0n) is 10.5. The molecule has 0 atom stereocenters. The zero-order chi connectivity index (χ0) is 13.9. The number of aliphatic carboxylic acids is 1. The lowest BCUT2D eigenvalue weighted by Crippen LogP contribution is -2.57. The number of hydrogen-bond acceptors (Lipinski definition) is 3. The number of primary amides is 1. The Morgan fingerprint density at radius 3 is 1.94 bits per heavy atom. The van der Waals surface area contributed by atoms with E-state index in [-0.39, 0.29) is 6.42 Å². The molecule has 0 spiro atoms. The summed E-state index contributed by atoms with van der Waals surface area (Å²) in [6.07, 6.45) is -0.0338. The largest absolute Gasteiger partial charge is 0.480 e. The van der Waals surface area contributed by atoms with E-state index in [1.807, 2.05) is 0 Å². The van der Waals surface area contributed by atoms with Crippen molar-refractivity contribution in [2.24, 2.45) is 5.73 Å². The van der Waals surface area contributed by atoms with Crippen LogP contribution in [0.4, 0.5) is 4.79 Å². The molecule has 0 unspecified atom stereocenters. The van der Waals surface area contributed by atoms with Crippen molar-refractivity contribution in [3.05, 3.63) is 0 Å². The molecule has 0 aliphatic carbocycles. The Balaban J connectivity index is 4.46. The van der Waals surface area contributed by atoms with Gasteiger partial charge in [0, 0.05) is 12.0 Å². The fourth-order valence-electron chi connectivity index (χ4n) is 1.16. The molecule has 0 aromatic rings. The van der Waals surface area contributed by atoms with Crippen LogP contribution in [-0.4, -0.2) is 34.1 Å². The molecular weight excluding hydrogens is 226 g/mol. The summed E-state index contributed by atoms with van der Waals surface area (Å²) in [6.45, 7) is 5.95. The first-order valence-electron chi connectivity index (χ1n) is 5.08. The molecule has 0 saturated carbocycles. The molecule has 0 aliphatic rings. The first-order chi connectivity index (χ1) is 7.46. The van der Waals surface area contributed by atoms with Gasteiger partial charge in [-0.1, -0.05) is 0 Å². The van der Waals surface area contributed by atoms with Crippen LogP contribution in [0.25, 0.3) is 0 Å². The lowest BCUT2D eigenvalue weighted by atomic mass is 10.0. The van der Waals surface area contributed by atoms with E-state index in [4.69, 9.17) is 10.8 Å². The summed E-state index contributed by atoms with van der Waals surface area (Å²) in [5, 5.41) is 13.6. The molecule has 0 fully saturated rings. The smallest absolute Gasteiger partial charge is 0.328 e. The Bertz CT molecular complexity index is 336. The number of carbonyl (C=O) groups is 3. The number of urea groups is 1. The Morgan fingerprint density at radius 1 is 1.12 bits per heavy atom. The van der Waals surface area contributed by atoms with Crippen LogP contribution >= 0.6 is 0 Å². The second-order valence-corrected chi connectivity index (χ2v) is 5.04. The molecule has 0 aromatic carbocycles. The van der Waals surface area contributed by atoms with E-state index in [2.05, 4.69) is 10.6 Å². The number of carboxylic acid groups (broad SMARTS) is 1. The quantitative estimate of drug-likeness (QED) is 0.536. The average Bonchev–Trinajstić information content (AvgIpc) is 1.96. The van der Waals surface area contributed by atoms with Crippen molar-refractivity contribution in [2.75, 3.05) is 0 Å². The van der Waals surface area contributed by atoms with Gasteiger partial charge in [-0.15, -0.1) is 0 Å². The summed E-state index contributed by atoms with van der Waals surface area (Å²) in [4.78, 5) is 33.1. The summed E-state index contributed by atoms with van der Waals surface area (Å²) in [7, 11) is 0. The molecule has 3 amide bonds. The van der Waals surface area contributed by atoms with E-state index >= 15 is 0 Å². The molecule has 98 valence electrons. The fraction of sp³-hybridized carbons (Fsp3) is 0.700. The van der Waals surface area contributed by atoms with Gasteiger partial charge in [0.15, 0.2) is 0 Å². The van der Waals surface area contributed by atoms with Gasteiger partial charge < -0.3 is 21.5 Å². The predicted molar refractivity (Wildman–Crippen MR) is 61.3 cm³/mol. The van der Waals surface area contributed by atoms with E-state index in [9.17, 15) is 14.4 Å². The van der Waals surface area contributed by atoms with Gasteiger partial charge in [0.2, 0.25) is 5.91 Å². The standard InChI is InChI=1S/C10H19N3O4/c1-9(2,5-6(11)14)12-8(17)13-10(3,4)7(15)16/h5H2,1-4H3,(H2,11,14)(H,15,16)(H2,12,13,17). The van der Waals surface area contributed by atoms with Crippen LogP contribution in [-0.2, 0) is 9.59 Å². The molecule has 5 N–H and O–H groups in total. The number of carboxylic acids is 1. The minimum absolute atomic E-state index is 0.0338. The molecule has 7 nitrogen and oxygen atoms in total. The zero-order valence-corrected chi connectivity index (χ0v) is 10.5. The van der Waals surface area contributed by atoms with Crippen LogP contribution in [0.15, 0.2) is 0 Å². The summed E-state index contributed by atoms with van der Waals surface area (Å²) in [5.41, 5.74) is 2.81. The predicted octanol–water partition coefficient (Wildman–Crippen LogP) is -0.197. The molecule has 0 radical (unpaired) electrons. The maximum absolute atomic E-state index is 11.5. The van der Waals surface area contributed by atoms with Gasteiger partial charge in [-0.05, 0) is 27.7 Å². The maximum Gasteiger partial charge on any atom is 0.328 e. The minimum Gasteiger partial charge on any atom is -0.480 e. The molecule has 0 aliphatic heterocycles. The maximum atomic E-state index is 11.5. The first-order valence-corrected chi connectivity index (χ1v) is 5.08. The molecule has 0 heterocycles. The van der Waals surface area contributed by atoms with Crippen molar-refractivity contribution in [3.63, 3.8) is 0 Å². The Kier molecular flexibility index (Phi) is 4.50. The van der Waals surface area contributed by atoms with Crippen molar-refractivity contribution < 1.29 is 19.5 Å². The number of hydrogen-bond donors (Lipinski definition) is 4. The van der Waals surface area contributed by atoms with E-state index in [1.165, 1.54) is 13.8 Å². The third-order valence-electron chi connectivity index (χ3n) is 2.03. The summed E-state index contributed by atoms with van der Waals surface area (Å²) in [6, 6.07) is -0.663. The first kappa shape index (κ1) is 15.2.